The van der Waals surface area contributed by atoms with E-state index in [1.165, 1.54) is 31.2 Å². The molecule has 0 saturated heterocycles. The summed E-state index contributed by atoms with van der Waals surface area (Å²) < 4.78 is 50.9. The van der Waals surface area contributed by atoms with Gasteiger partial charge in [-0.05, 0) is 55.8 Å². The first-order valence-electron chi connectivity index (χ1n) is 10.3. The molecule has 1 atom stereocenters. The third-order valence-electron chi connectivity index (χ3n) is 4.86. The summed E-state index contributed by atoms with van der Waals surface area (Å²) in [6.45, 7) is 5.50. The quantitative estimate of drug-likeness (QED) is 0.279. The molecule has 1 unspecified atom stereocenters. The lowest BCUT2D eigenvalue weighted by Gasteiger charge is -2.22. The average molecular weight is 472 g/mol. The first kappa shape index (κ1) is 25.8. The van der Waals surface area contributed by atoms with Crippen LogP contribution in [0, 0.1) is 29.3 Å². The van der Waals surface area contributed by atoms with Crippen LogP contribution in [-0.4, -0.2) is 29.6 Å². The topological polar surface area (TPSA) is 82.9 Å². The number of halogens is 3. The lowest BCUT2D eigenvalue weighted by atomic mass is 10.2. The Morgan fingerprint density at radius 2 is 1.88 bits per heavy atom. The molecule has 0 heterocycles. The minimum atomic E-state index is -1.19. The molecule has 1 saturated carbocycles. The summed E-state index contributed by atoms with van der Waals surface area (Å²) in [6, 6.07) is 5.26. The lowest BCUT2D eigenvalue weighted by molar-refractivity contribution is 0.170. The van der Waals surface area contributed by atoms with Gasteiger partial charge >= 0.3 is 0 Å². The number of anilines is 3. The molecule has 6 nitrogen and oxygen atoms in total. The summed E-state index contributed by atoms with van der Waals surface area (Å²) in [4.78, 5) is 10.4. The highest BCUT2D eigenvalue weighted by molar-refractivity contribution is 8.02. The molecule has 0 spiro atoms. The second-order valence-corrected chi connectivity index (χ2v) is 8.56. The second kappa shape index (κ2) is 11.4. The van der Waals surface area contributed by atoms with Crippen molar-refractivity contribution in [3.05, 3.63) is 52.2 Å². The number of nitroso groups, excluding NO2 is 1. The number of hydrogen-bond acceptors (Lipinski definition) is 7. The smallest absolute Gasteiger partial charge is 0.184 e. The van der Waals surface area contributed by atoms with Gasteiger partial charge in [-0.25, -0.2) is 13.2 Å². The van der Waals surface area contributed by atoms with Gasteiger partial charge in [0.25, 0.3) is 0 Å². The number of aliphatic hydroxyl groups excluding tert-OH is 1. The average Bonchev–Trinajstić information content (AvgIpc) is 3.53. The number of methoxy groups -OCH3 is 1. The van der Waals surface area contributed by atoms with Crippen LogP contribution in [0.5, 0.6) is 5.75 Å². The van der Waals surface area contributed by atoms with Crippen LogP contribution in [0.1, 0.15) is 38.7 Å². The number of hydrogen-bond donors (Lipinski definition) is 3. The molecule has 1 aliphatic rings. The molecule has 3 N–H and O–H groups in total. The van der Waals surface area contributed by atoms with Crippen molar-refractivity contribution >= 4 is 29.0 Å². The third-order valence-corrected chi connectivity index (χ3v) is 6.17. The Morgan fingerprint density at radius 1 is 1.19 bits per heavy atom. The molecule has 0 aliphatic heterocycles. The van der Waals surface area contributed by atoms with E-state index in [2.05, 4.69) is 15.2 Å². The maximum atomic E-state index is 14.7. The zero-order chi connectivity index (χ0) is 23.9. The highest BCUT2D eigenvalue weighted by Crippen LogP contribution is 2.53. The number of rotatable bonds is 10. The maximum Gasteiger partial charge on any atom is 0.184 e. The number of nitrogens with one attached hydrogen (secondary N) is 2. The first-order valence-corrected chi connectivity index (χ1v) is 11.1. The van der Waals surface area contributed by atoms with Crippen molar-refractivity contribution in [3.63, 3.8) is 0 Å². The Bertz CT molecular complexity index is 942. The van der Waals surface area contributed by atoms with Crippen molar-refractivity contribution in [1.29, 1.82) is 0 Å². The Hall–Kier alpha value is -2.46. The summed E-state index contributed by atoms with van der Waals surface area (Å²) in [5.41, 5.74) is 0.473. The van der Waals surface area contributed by atoms with Gasteiger partial charge in [0.2, 0.25) is 0 Å². The van der Waals surface area contributed by atoms with E-state index < -0.39 is 23.6 Å². The Balaban J connectivity index is 0.00000176. The predicted molar refractivity (Wildman–Crippen MR) is 123 cm³/mol. The van der Waals surface area contributed by atoms with Crippen LogP contribution < -0.4 is 14.8 Å². The molecule has 176 valence electrons. The molecule has 0 aromatic heterocycles. The molecule has 2 aromatic rings. The van der Waals surface area contributed by atoms with E-state index in [1.54, 1.807) is 13.0 Å². The highest BCUT2D eigenvalue weighted by Gasteiger charge is 2.45. The van der Waals surface area contributed by atoms with Crippen LogP contribution >= 0.6 is 11.9 Å². The van der Waals surface area contributed by atoms with Crippen molar-refractivity contribution in [3.8, 4) is 5.75 Å². The fourth-order valence-corrected chi connectivity index (χ4v) is 4.17. The molecule has 2 aromatic carbocycles. The number of ether oxygens (including phenoxy) is 1. The molecule has 1 fully saturated rings. The van der Waals surface area contributed by atoms with Crippen LogP contribution in [0.15, 0.2) is 29.4 Å². The van der Waals surface area contributed by atoms with Gasteiger partial charge in [0.05, 0.1) is 18.9 Å². The monoisotopic (exact) mass is 471 g/mol. The number of benzene rings is 2. The van der Waals surface area contributed by atoms with E-state index in [-0.39, 0.29) is 34.1 Å². The standard InChI is InChI=1S/C20H22F3N3O3S.C2H6/c1-11-3-4-15(13(21)7-11)25-19-17(23)14(22)8-16(29-2)18(19)26-30-20(5-6-20)9-12(27)10-24-28;1-2/h3-4,7-8,12,25-27H,5-6,9-10H2,1-2H3;1-2H3. The fourth-order valence-electron chi connectivity index (χ4n) is 3.07. The van der Waals surface area contributed by atoms with Crippen LogP contribution in [0.4, 0.5) is 30.2 Å². The summed E-state index contributed by atoms with van der Waals surface area (Å²) >= 11 is 1.22. The second-order valence-electron chi connectivity index (χ2n) is 7.29. The van der Waals surface area contributed by atoms with Gasteiger partial charge in [0.15, 0.2) is 11.6 Å². The largest absolute Gasteiger partial charge is 0.494 e. The van der Waals surface area contributed by atoms with E-state index in [4.69, 9.17) is 4.74 Å². The maximum absolute atomic E-state index is 14.7. The molecule has 3 rings (SSSR count). The Labute approximate surface area is 190 Å². The summed E-state index contributed by atoms with van der Waals surface area (Å²) in [5, 5.41) is 15.2. The van der Waals surface area contributed by atoms with Crippen molar-refractivity contribution in [2.75, 3.05) is 23.7 Å². The van der Waals surface area contributed by atoms with Crippen molar-refractivity contribution in [2.45, 2.75) is 50.9 Å². The van der Waals surface area contributed by atoms with Crippen LogP contribution in [-0.2, 0) is 0 Å². The molecule has 0 radical (unpaired) electrons. The lowest BCUT2D eigenvalue weighted by Crippen LogP contribution is -2.20. The molecule has 32 heavy (non-hydrogen) atoms. The normalized spacial score (nSPS) is 14.6. The Morgan fingerprint density at radius 3 is 2.44 bits per heavy atom. The predicted octanol–water partition coefficient (Wildman–Crippen LogP) is 6.30. The highest BCUT2D eigenvalue weighted by atomic mass is 32.2. The van der Waals surface area contributed by atoms with Crippen molar-refractivity contribution < 1.29 is 23.0 Å². The van der Waals surface area contributed by atoms with E-state index in [0.29, 0.717) is 12.0 Å². The molecule has 0 bridgehead atoms. The fraction of sp³-hybridized carbons (Fsp3) is 0.455. The van der Waals surface area contributed by atoms with Crippen molar-refractivity contribution in [2.24, 2.45) is 5.18 Å². The Kier molecular flexibility index (Phi) is 9.21. The SMILES string of the molecule is CC.COc1cc(F)c(F)c(Nc2ccc(C)cc2F)c1NSC1(CC(O)CN=O)CC1. The van der Waals surface area contributed by atoms with Crippen LogP contribution in [0.3, 0.4) is 0 Å². The van der Waals surface area contributed by atoms with Crippen LogP contribution in [0.25, 0.3) is 0 Å². The van der Waals surface area contributed by atoms with E-state index >= 15 is 0 Å². The molecule has 0 amide bonds. The minimum absolute atomic E-state index is 0.0196. The van der Waals surface area contributed by atoms with E-state index in [9.17, 15) is 23.2 Å². The summed E-state index contributed by atoms with van der Waals surface area (Å²) in [5.74, 6) is -2.92. The molecular weight excluding hydrogens is 443 g/mol. The van der Waals surface area contributed by atoms with E-state index in [1.807, 2.05) is 13.8 Å². The van der Waals surface area contributed by atoms with E-state index in [0.717, 1.165) is 18.9 Å². The van der Waals surface area contributed by atoms with Gasteiger partial charge in [-0.3, -0.25) is 0 Å². The number of nitrogens with zero attached hydrogens (tertiary/aromatic N) is 1. The number of aliphatic hydroxyl groups is 1. The van der Waals surface area contributed by atoms with Gasteiger partial charge in [-0.1, -0.05) is 25.1 Å². The summed E-state index contributed by atoms with van der Waals surface area (Å²) in [6.07, 6.45) is 0.965. The van der Waals surface area contributed by atoms with Crippen LogP contribution in [0.2, 0.25) is 0 Å². The van der Waals surface area contributed by atoms with Gasteiger partial charge in [-0.2, -0.15) is 4.91 Å². The zero-order valence-corrected chi connectivity index (χ0v) is 19.3. The molecule has 1 aliphatic carbocycles. The summed E-state index contributed by atoms with van der Waals surface area (Å²) in [7, 11) is 1.31. The van der Waals surface area contributed by atoms with Gasteiger partial charge in [0, 0.05) is 10.8 Å². The third kappa shape index (κ3) is 6.29. The minimum Gasteiger partial charge on any atom is -0.494 e. The van der Waals surface area contributed by atoms with Gasteiger partial charge in [-0.15, -0.1) is 0 Å². The zero-order valence-electron chi connectivity index (χ0n) is 18.5. The number of aryl methyl sites for hydroxylation is 1. The first-order chi connectivity index (χ1) is 15.3. The van der Waals surface area contributed by atoms with Gasteiger partial charge in [0.1, 0.15) is 29.5 Å². The molecular formula is C22H28F3N3O3S. The molecule has 10 heteroatoms. The van der Waals surface area contributed by atoms with Gasteiger partial charge < -0.3 is 19.9 Å². The van der Waals surface area contributed by atoms with Crippen molar-refractivity contribution in [1.82, 2.24) is 0 Å².